The second-order valence-electron chi connectivity index (χ2n) is 10.0. The number of halogens is 1. The Labute approximate surface area is 218 Å². The van der Waals surface area contributed by atoms with E-state index in [-0.39, 0.29) is 49.4 Å². The van der Waals surface area contributed by atoms with Gasteiger partial charge in [-0.25, -0.2) is 28.5 Å². The molecule has 2 aliphatic rings. The Hall–Kier alpha value is -4.16. The van der Waals surface area contributed by atoms with Gasteiger partial charge in [0.2, 0.25) is 5.88 Å². The van der Waals surface area contributed by atoms with Crippen molar-refractivity contribution in [3.8, 4) is 11.6 Å². The minimum atomic E-state index is -0.661. The van der Waals surface area contributed by atoms with Gasteiger partial charge in [0.25, 0.3) is 0 Å². The molecule has 2 aliphatic heterocycles. The predicted molar refractivity (Wildman–Crippen MR) is 132 cm³/mol. The molecule has 2 atom stereocenters. The number of hydrogen-bond donors (Lipinski definition) is 0. The van der Waals surface area contributed by atoms with Gasteiger partial charge in [0.15, 0.2) is 17.2 Å². The van der Waals surface area contributed by atoms with Crippen molar-refractivity contribution in [2.45, 2.75) is 52.0 Å². The average Bonchev–Trinajstić information content (AvgIpc) is 3.46. The molecule has 0 spiro atoms. The summed E-state index contributed by atoms with van der Waals surface area (Å²) in [6.07, 6.45) is 3.21. The number of carbonyl (C=O) groups is 2. The van der Waals surface area contributed by atoms with Crippen molar-refractivity contribution < 1.29 is 32.9 Å². The van der Waals surface area contributed by atoms with Crippen LogP contribution in [0.25, 0.3) is 5.65 Å². The van der Waals surface area contributed by atoms with Crippen molar-refractivity contribution in [2.24, 2.45) is 0 Å². The van der Waals surface area contributed by atoms with Crippen LogP contribution in [0.15, 0.2) is 24.7 Å². The van der Waals surface area contributed by atoms with Crippen LogP contribution in [0, 0.1) is 5.82 Å². The first-order valence-corrected chi connectivity index (χ1v) is 12.2. The molecule has 0 bridgehead atoms. The third-order valence-electron chi connectivity index (χ3n) is 6.20. The van der Waals surface area contributed by atoms with E-state index in [9.17, 15) is 14.0 Å². The minimum absolute atomic E-state index is 0.152. The van der Waals surface area contributed by atoms with Crippen LogP contribution in [0.5, 0.6) is 11.6 Å². The molecule has 12 nitrogen and oxygen atoms in total. The Balaban J connectivity index is 1.57. The molecule has 5 heterocycles. The zero-order valence-electron chi connectivity index (χ0n) is 21.8. The highest BCUT2D eigenvalue weighted by Gasteiger charge is 2.46. The standard InChI is InChI=1S/C25H29FN6O6/c1-6-36-23(33)16-9-28-32-13-19-21(29-20(16)32)31(10-14-7-15(26)8-27-22(14)35-5)17-11-30(12-18(17)37-19)24(34)38-25(2,3)4/h7-9,13,17-18H,6,10-12H2,1-5H3/t17-,18+/m1/s1. The normalized spacial score (nSPS) is 18.6. The molecule has 38 heavy (non-hydrogen) atoms. The van der Waals surface area contributed by atoms with Crippen LogP contribution in [-0.2, 0) is 16.0 Å². The highest BCUT2D eigenvalue weighted by atomic mass is 19.1. The number of ether oxygens (including phenoxy) is 4. The zero-order chi connectivity index (χ0) is 27.2. The molecular formula is C25H29FN6O6. The lowest BCUT2D eigenvalue weighted by molar-refractivity contribution is 0.0275. The van der Waals surface area contributed by atoms with E-state index in [2.05, 4.69) is 10.1 Å². The molecule has 0 unspecified atom stereocenters. The van der Waals surface area contributed by atoms with Crippen LogP contribution in [-0.4, -0.2) is 81.1 Å². The predicted octanol–water partition coefficient (Wildman–Crippen LogP) is 2.84. The number of hydrogen-bond acceptors (Lipinski definition) is 10. The summed E-state index contributed by atoms with van der Waals surface area (Å²) in [5.41, 5.74) is 0.297. The van der Waals surface area contributed by atoms with Gasteiger partial charge in [-0.15, -0.1) is 0 Å². The van der Waals surface area contributed by atoms with Gasteiger partial charge < -0.3 is 28.7 Å². The van der Waals surface area contributed by atoms with Crippen LogP contribution < -0.4 is 14.4 Å². The maximum absolute atomic E-state index is 14.2. The van der Waals surface area contributed by atoms with E-state index in [0.29, 0.717) is 17.1 Å². The number of likely N-dealkylation sites (tertiary alicyclic amines) is 1. The van der Waals surface area contributed by atoms with Crippen LogP contribution >= 0.6 is 0 Å². The first-order chi connectivity index (χ1) is 18.1. The minimum Gasteiger partial charge on any atom is -0.481 e. The number of nitrogens with zero attached hydrogens (tertiary/aromatic N) is 6. The molecule has 202 valence electrons. The van der Waals surface area contributed by atoms with Gasteiger partial charge >= 0.3 is 12.1 Å². The number of rotatable bonds is 5. The molecule has 0 radical (unpaired) electrons. The number of methoxy groups -OCH3 is 1. The second-order valence-corrected chi connectivity index (χ2v) is 10.0. The molecule has 5 rings (SSSR count). The lowest BCUT2D eigenvalue weighted by Gasteiger charge is -2.38. The summed E-state index contributed by atoms with van der Waals surface area (Å²) in [5.74, 6) is -0.00934. The number of esters is 1. The van der Waals surface area contributed by atoms with Gasteiger partial charge in [-0.3, -0.25) is 0 Å². The number of aromatic nitrogens is 4. The third-order valence-corrected chi connectivity index (χ3v) is 6.20. The van der Waals surface area contributed by atoms with Crippen molar-refractivity contribution in [1.29, 1.82) is 0 Å². The highest BCUT2D eigenvalue weighted by molar-refractivity contribution is 5.96. The summed E-state index contributed by atoms with van der Waals surface area (Å²) >= 11 is 0. The van der Waals surface area contributed by atoms with Crippen molar-refractivity contribution >= 4 is 23.5 Å². The van der Waals surface area contributed by atoms with Gasteiger partial charge in [-0.2, -0.15) is 5.10 Å². The number of amides is 1. The molecule has 1 saturated heterocycles. The van der Waals surface area contributed by atoms with Gasteiger partial charge in [0, 0.05) is 12.1 Å². The Morgan fingerprint density at radius 1 is 1.24 bits per heavy atom. The van der Waals surface area contributed by atoms with Gasteiger partial charge in [-0.05, 0) is 33.8 Å². The molecule has 1 fully saturated rings. The second kappa shape index (κ2) is 9.62. The van der Waals surface area contributed by atoms with E-state index < -0.39 is 29.6 Å². The van der Waals surface area contributed by atoms with E-state index >= 15 is 0 Å². The van der Waals surface area contributed by atoms with Gasteiger partial charge in [0.1, 0.15) is 23.1 Å². The number of fused-ring (bicyclic) bond motifs is 3. The molecule has 3 aromatic rings. The fourth-order valence-corrected chi connectivity index (χ4v) is 4.64. The number of carbonyl (C=O) groups excluding carboxylic acids is 2. The van der Waals surface area contributed by atoms with Crippen LogP contribution in [0.1, 0.15) is 43.6 Å². The van der Waals surface area contributed by atoms with Crippen LogP contribution in [0.3, 0.4) is 0 Å². The van der Waals surface area contributed by atoms with E-state index in [1.165, 1.54) is 23.9 Å². The Bertz CT molecular complexity index is 1390. The summed E-state index contributed by atoms with van der Waals surface area (Å²) in [4.78, 5) is 37.7. The maximum atomic E-state index is 14.2. The maximum Gasteiger partial charge on any atom is 0.410 e. The Morgan fingerprint density at radius 2 is 2.03 bits per heavy atom. The van der Waals surface area contributed by atoms with E-state index in [4.69, 9.17) is 23.9 Å². The zero-order valence-corrected chi connectivity index (χ0v) is 21.8. The monoisotopic (exact) mass is 528 g/mol. The largest absolute Gasteiger partial charge is 0.481 e. The van der Waals surface area contributed by atoms with Crippen LogP contribution in [0.2, 0.25) is 0 Å². The molecule has 1 amide bonds. The first kappa shape index (κ1) is 25.5. The lowest BCUT2D eigenvalue weighted by atomic mass is 10.1. The number of anilines is 1. The molecule has 0 aliphatic carbocycles. The highest BCUT2D eigenvalue weighted by Crippen LogP contribution is 2.40. The SMILES string of the molecule is CCOC(=O)c1cnn2cc3c(nc12)N(Cc1cc(F)cnc1OC)[C@@H]1CN(C(=O)OC(C)(C)C)C[C@@H]1O3. The van der Waals surface area contributed by atoms with Crippen LogP contribution in [0.4, 0.5) is 15.0 Å². The summed E-state index contributed by atoms with van der Waals surface area (Å²) in [5, 5.41) is 4.24. The average molecular weight is 529 g/mol. The molecule has 13 heteroatoms. The molecule has 3 aromatic heterocycles. The fraction of sp³-hybridized carbons (Fsp3) is 0.480. The Kier molecular flexibility index (Phi) is 6.45. The smallest absolute Gasteiger partial charge is 0.410 e. The number of pyridine rings is 1. The molecule has 0 saturated carbocycles. The van der Waals surface area contributed by atoms with Crippen molar-refractivity contribution in [2.75, 3.05) is 31.7 Å². The van der Waals surface area contributed by atoms with Crippen molar-refractivity contribution in [3.05, 3.63) is 41.6 Å². The Morgan fingerprint density at radius 3 is 2.74 bits per heavy atom. The van der Waals surface area contributed by atoms with E-state index in [1.54, 1.807) is 38.8 Å². The van der Waals surface area contributed by atoms with Gasteiger partial charge in [-0.1, -0.05) is 0 Å². The van der Waals surface area contributed by atoms with Crippen molar-refractivity contribution in [3.63, 3.8) is 0 Å². The quantitative estimate of drug-likeness (QED) is 0.457. The first-order valence-electron chi connectivity index (χ1n) is 12.2. The lowest BCUT2D eigenvalue weighted by Crippen LogP contribution is -2.49. The summed E-state index contributed by atoms with van der Waals surface area (Å²) in [6.45, 7) is 8.03. The summed E-state index contributed by atoms with van der Waals surface area (Å²) in [7, 11) is 1.46. The van der Waals surface area contributed by atoms with Gasteiger partial charge in [0.05, 0.1) is 51.4 Å². The third kappa shape index (κ3) is 4.75. The van der Waals surface area contributed by atoms with E-state index in [0.717, 1.165) is 6.20 Å². The fourth-order valence-electron chi connectivity index (χ4n) is 4.64. The summed E-state index contributed by atoms with van der Waals surface area (Å²) in [6, 6.07) is 0.990. The molecular weight excluding hydrogens is 499 g/mol. The molecule has 0 N–H and O–H groups in total. The van der Waals surface area contributed by atoms with Crippen molar-refractivity contribution in [1.82, 2.24) is 24.5 Å². The van der Waals surface area contributed by atoms with E-state index in [1.807, 2.05) is 4.90 Å². The topological polar surface area (TPSA) is 121 Å². The summed E-state index contributed by atoms with van der Waals surface area (Å²) < 4.78 is 38.0. The molecule has 0 aromatic carbocycles.